The molecule has 0 spiro atoms. The average molecular weight is 512 g/mol. The smallest absolute Gasteiger partial charge is 0.264 e. The standard InChI is InChI=1S/C30H29N3O3S/c1-20(2)23-11-9-21(10-12-23)17-27-29(35)33(24-13-15-25(36-3)16-14-24)30(37-27)26(18-31)28(34)32-19-22-7-5-4-6-8-22/h4-16,20,27H,17,19H2,1-3H3,(H,32,34)/b30-26-. The zero-order chi connectivity index (χ0) is 26.4. The lowest BCUT2D eigenvalue weighted by atomic mass is 10.00. The van der Waals surface area contributed by atoms with Gasteiger partial charge in [0.05, 0.1) is 12.4 Å². The Hall–Kier alpha value is -4.02. The predicted molar refractivity (Wildman–Crippen MR) is 147 cm³/mol. The van der Waals surface area contributed by atoms with E-state index in [9.17, 15) is 14.9 Å². The summed E-state index contributed by atoms with van der Waals surface area (Å²) in [6.45, 7) is 4.56. The first-order valence-corrected chi connectivity index (χ1v) is 13.0. The van der Waals surface area contributed by atoms with Gasteiger partial charge in [0.1, 0.15) is 22.4 Å². The van der Waals surface area contributed by atoms with Crippen molar-refractivity contribution in [1.29, 1.82) is 5.26 Å². The Balaban J connectivity index is 1.65. The van der Waals surface area contributed by atoms with Crippen LogP contribution in [0, 0.1) is 11.3 Å². The second-order valence-electron chi connectivity index (χ2n) is 9.04. The van der Waals surface area contributed by atoms with Gasteiger partial charge in [-0.2, -0.15) is 5.26 Å². The van der Waals surface area contributed by atoms with Crippen LogP contribution in [-0.2, 0) is 22.6 Å². The van der Waals surface area contributed by atoms with E-state index in [-0.39, 0.29) is 18.0 Å². The molecule has 1 fully saturated rings. The van der Waals surface area contributed by atoms with Gasteiger partial charge in [-0.15, -0.1) is 0 Å². The van der Waals surface area contributed by atoms with Crippen molar-refractivity contribution in [2.45, 2.75) is 38.0 Å². The SMILES string of the molecule is COc1ccc(N2C(=O)C(Cc3ccc(C(C)C)cc3)S/C2=C(/C#N)C(=O)NCc2ccccc2)cc1. The molecule has 1 heterocycles. The average Bonchev–Trinajstić information content (AvgIpc) is 3.23. The molecule has 0 radical (unpaired) electrons. The molecule has 6 nitrogen and oxygen atoms in total. The van der Waals surface area contributed by atoms with Crippen LogP contribution in [0.1, 0.15) is 36.5 Å². The van der Waals surface area contributed by atoms with Crippen LogP contribution >= 0.6 is 11.8 Å². The fourth-order valence-corrected chi connectivity index (χ4v) is 5.38. The van der Waals surface area contributed by atoms with E-state index in [4.69, 9.17) is 4.74 Å². The number of nitrogens with one attached hydrogen (secondary N) is 1. The Labute approximate surface area is 221 Å². The summed E-state index contributed by atoms with van der Waals surface area (Å²) in [6.07, 6.45) is 0.488. The minimum absolute atomic E-state index is 0.0808. The maximum atomic E-state index is 13.7. The molecule has 37 heavy (non-hydrogen) atoms. The zero-order valence-electron chi connectivity index (χ0n) is 21.1. The summed E-state index contributed by atoms with van der Waals surface area (Å²) in [5, 5.41) is 12.7. The van der Waals surface area contributed by atoms with Gasteiger partial charge >= 0.3 is 0 Å². The summed E-state index contributed by atoms with van der Waals surface area (Å²) in [4.78, 5) is 28.3. The van der Waals surface area contributed by atoms with Crippen LogP contribution in [0.3, 0.4) is 0 Å². The second kappa shape index (κ2) is 11.8. The Bertz CT molecular complexity index is 1330. The van der Waals surface area contributed by atoms with Gasteiger partial charge in [-0.1, -0.05) is 80.2 Å². The van der Waals surface area contributed by atoms with Crippen LogP contribution in [0.4, 0.5) is 5.69 Å². The Kier molecular flexibility index (Phi) is 8.32. The van der Waals surface area contributed by atoms with Crippen molar-refractivity contribution in [3.05, 3.63) is 106 Å². The molecule has 188 valence electrons. The number of benzene rings is 3. The molecule has 0 bridgehead atoms. The van der Waals surface area contributed by atoms with Crippen LogP contribution in [0.15, 0.2) is 89.5 Å². The highest BCUT2D eigenvalue weighted by atomic mass is 32.2. The van der Waals surface area contributed by atoms with Crippen LogP contribution in [0.2, 0.25) is 0 Å². The third-order valence-corrected chi connectivity index (χ3v) is 7.46. The molecule has 4 rings (SSSR count). The monoisotopic (exact) mass is 511 g/mol. The molecule has 1 saturated heterocycles. The zero-order valence-corrected chi connectivity index (χ0v) is 21.9. The van der Waals surface area contributed by atoms with E-state index in [1.165, 1.54) is 22.2 Å². The minimum atomic E-state index is -0.512. The number of thioether (sulfide) groups is 1. The first kappa shape index (κ1) is 26.1. The normalized spacial score (nSPS) is 16.5. The van der Waals surface area contributed by atoms with Gasteiger partial charge in [0.2, 0.25) is 5.91 Å². The van der Waals surface area contributed by atoms with Crippen LogP contribution in [0.25, 0.3) is 0 Å². The number of carbonyl (C=O) groups excluding carboxylic acids is 2. The number of methoxy groups -OCH3 is 1. The van der Waals surface area contributed by atoms with Crippen LogP contribution in [0.5, 0.6) is 5.75 Å². The Morgan fingerprint density at radius 2 is 1.70 bits per heavy atom. The second-order valence-corrected chi connectivity index (χ2v) is 10.2. The van der Waals surface area contributed by atoms with Gasteiger partial charge in [0.15, 0.2) is 0 Å². The maximum absolute atomic E-state index is 13.7. The molecule has 2 amide bonds. The summed E-state index contributed by atoms with van der Waals surface area (Å²) in [7, 11) is 1.57. The number of rotatable bonds is 8. The van der Waals surface area contributed by atoms with E-state index in [2.05, 4.69) is 37.4 Å². The fraction of sp³-hybridized carbons (Fsp3) is 0.233. The minimum Gasteiger partial charge on any atom is -0.497 e. The number of anilines is 1. The van der Waals surface area contributed by atoms with Crippen molar-refractivity contribution in [2.24, 2.45) is 0 Å². The number of nitriles is 1. The van der Waals surface area contributed by atoms with E-state index in [0.717, 1.165) is 11.1 Å². The molecular weight excluding hydrogens is 482 g/mol. The number of hydrogen-bond donors (Lipinski definition) is 1. The summed E-state index contributed by atoms with van der Waals surface area (Å²) >= 11 is 1.26. The van der Waals surface area contributed by atoms with E-state index >= 15 is 0 Å². The van der Waals surface area contributed by atoms with Gasteiger partial charge in [0.25, 0.3) is 5.91 Å². The highest BCUT2D eigenvalue weighted by Gasteiger charge is 2.40. The van der Waals surface area contributed by atoms with Gasteiger partial charge in [-0.25, -0.2) is 0 Å². The predicted octanol–water partition coefficient (Wildman–Crippen LogP) is 5.56. The highest BCUT2D eigenvalue weighted by molar-refractivity contribution is 8.05. The number of nitrogens with zero attached hydrogens (tertiary/aromatic N) is 2. The summed E-state index contributed by atoms with van der Waals surface area (Å²) in [5.41, 5.74) is 3.68. The molecule has 3 aromatic carbocycles. The van der Waals surface area contributed by atoms with Crippen LogP contribution < -0.4 is 15.0 Å². The molecule has 7 heteroatoms. The number of carbonyl (C=O) groups is 2. The first-order chi connectivity index (χ1) is 17.9. The van der Waals surface area contributed by atoms with Crippen LogP contribution in [-0.4, -0.2) is 24.2 Å². The molecule has 3 aromatic rings. The fourth-order valence-electron chi connectivity index (χ4n) is 4.07. The quantitative estimate of drug-likeness (QED) is 0.316. The van der Waals surface area contributed by atoms with E-state index in [1.54, 1.807) is 31.4 Å². The molecule has 1 N–H and O–H groups in total. The van der Waals surface area contributed by atoms with Crippen molar-refractivity contribution < 1.29 is 14.3 Å². The summed E-state index contributed by atoms with van der Waals surface area (Å²) in [5.74, 6) is 0.393. The highest BCUT2D eigenvalue weighted by Crippen LogP contribution is 2.42. The third-order valence-electron chi connectivity index (χ3n) is 6.20. The third kappa shape index (κ3) is 6.04. The molecule has 0 aliphatic carbocycles. The van der Waals surface area contributed by atoms with Gasteiger partial charge in [0, 0.05) is 12.2 Å². The van der Waals surface area contributed by atoms with E-state index in [0.29, 0.717) is 28.8 Å². The van der Waals surface area contributed by atoms with Crippen molar-refractivity contribution in [2.75, 3.05) is 12.0 Å². The molecule has 1 atom stereocenters. The lowest BCUT2D eigenvalue weighted by Gasteiger charge is -2.19. The van der Waals surface area contributed by atoms with Crippen molar-refractivity contribution in [3.8, 4) is 11.8 Å². The molecular formula is C30H29N3O3S. The molecule has 1 aliphatic rings. The number of hydrogen-bond acceptors (Lipinski definition) is 5. The first-order valence-electron chi connectivity index (χ1n) is 12.1. The van der Waals surface area contributed by atoms with Gasteiger partial charge < -0.3 is 10.1 Å². The maximum Gasteiger partial charge on any atom is 0.264 e. The van der Waals surface area contributed by atoms with Crippen molar-refractivity contribution >= 4 is 29.3 Å². The number of amides is 2. The largest absolute Gasteiger partial charge is 0.497 e. The lowest BCUT2D eigenvalue weighted by Crippen LogP contribution is -2.32. The molecule has 1 aliphatic heterocycles. The summed E-state index contributed by atoms with van der Waals surface area (Å²) < 4.78 is 5.26. The lowest BCUT2D eigenvalue weighted by molar-refractivity contribution is -0.117. The van der Waals surface area contributed by atoms with Crippen molar-refractivity contribution in [3.63, 3.8) is 0 Å². The van der Waals surface area contributed by atoms with E-state index < -0.39 is 11.2 Å². The van der Waals surface area contributed by atoms with Gasteiger partial charge in [-0.05, 0) is 53.3 Å². The summed E-state index contributed by atoms with van der Waals surface area (Å²) in [6, 6.07) is 26.8. The van der Waals surface area contributed by atoms with Gasteiger partial charge in [-0.3, -0.25) is 14.5 Å². The topological polar surface area (TPSA) is 82.4 Å². The van der Waals surface area contributed by atoms with E-state index in [1.807, 2.05) is 42.5 Å². The molecule has 0 aromatic heterocycles. The van der Waals surface area contributed by atoms with Crippen molar-refractivity contribution in [1.82, 2.24) is 5.32 Å². The Morgan fingerprint density at radius 3 is 2.30 bits per heavy atom. The number of ether oxygens (including phenoxy) is 1. The Morgan fingerprint density at radius 1 is 1.03 bits per heavy atom. The molecule has 1 unspecified atom stereocenters. The molecule has 0 saturated carbocycles.